The van der Waals surface area contributed by atoms with E-state index in [1.54, 1.807) is 0 Å². The third kappa shape index (κ3) is 2.26. The van der Waals surface area contributed by atoms with Gasteiger partial charge >= 0.3 is 5.97 Å². The molecule has 4 fully saturated rings. The number of nitrogens with zero attached hydrogens (tertiary/aromatic N) is 1. The molecule has 1 atom stereocenters. The molecule has 1 aliphatic carbocycles. The van der Waals surface area contributed by atoms with Crippen molar-refractivity contribution in [3.8, 4) is 0 Å². The number of piperidine rings is 3. The number of ether oxygens (including phenoxy) is 1. The minimum absolute atomic E-state index is 0.0290. The molecule has 0 radical (unpaired) electrons. The smallest absolute Gasteiger partial charge is 0.316 e. The van der Waals surface area contributed by atoms with Gasteiger partial charge in [-0.25, -0.2) is 0 Å². The number of fused-ring (bicyclic) bond motifs is 3. The molecule has 1 saturated carbocycles. The average molecular weight is 299 g/mol. The zero-order valence-electron chi connectivity index (χ0n) is 13.4. The highest BCUT2D eigenvalue weighted by Crippen LogP contribution is 2.45. The Bertz CT molecular complexity index is 553. The number of aryl methyl sites for hydroxylation is 1. The molecule has 0 amide bonds. The van der Waals surface area contributed by atoms with E-state index in [0.29, 0.717) is 5.92 Å². The van der Waals surface area contributed by atoms with E-state index in [4.69, 9.17) is 4.74 Å². The van der Waals surface area contributed by atoms with Gasteiger partial charge in [-0.1, -0.05) is 36.2 Å². The molecule has 3 heteroatoms. The standard InChI is InChI=1S/C19H25NO2/c1-14-3-5-16(6-4-14)19(9-2-10-19)18(21)22-17-13-20-11-7-15(17)8-12-20/h3-6,15,17H,2,7-13H2,1H3. The van der Waals surface area contributed by atoms with Crippen LogP contribution >= 0.6 is 0 Å². The van der Waals surface area contributed by atoms with Crippen LogP contribution in [0.3, 0.4) is 0 Å². The summed E-state index contributed by atoms with van der Waals surface area (Å²) in [5.41, 5.74) is 2.03. The van der Waals surface area contributed by atoms with Gasteiger partial charge < -0.3 is 4.74 Å². The van der Waals surface area contributed by atoms with E-state index >= 15 is 0 Å². The predicted octanol–water partition coefficient (Wildman–Crippen LogP) is 3.05. The van der Waals surface area contributed by atoms with Gasteiger partial charge in [-0.15, -0.1) is 0 Å². The molecular weight excluding hydrogens is 274 g/mol. The number of rotatable bonds is 3. The van der Waals surface area contributed by atoms with Crippen molar-refractivity contribution in [2.75, 3.05) is 19.6 Å². The molecule has 2 bridgehead atoms. The summed E-state index contributed by atoms with van der Waals surface area (Å²) in [7, 11) is 0. The maximum Gasteiger partial charge on any atom is 0.316 e. The lowest BCUT2D eigenvalue weighted by Crippen LogP contribution is -2.54. The first-order valence-corrected chi connectivity index (χ1v) is 8.68. The molecule has 0 N–H and O–H groups in total. The lowest BCUT2D eigenvalue weighted by molar-refractivity contribution is -0.169. The Morgan fingerprint density at radius 3 is 2.36 bits per heavy atom. The van der Waals surface area contributed by atoms with Crippen molar-refractivity contribution < 1.29 is 9.53 Å². The predicted molar refractivity (Wildman–Crippen MR) is 85.8 cm³/mol. The van der Waals surface area contributed by atoms with Crippen molar-refractivity contribution >= 4 is 5.97 Å². The van der Waals surface area contributed by atoms with Crippen molar-refractivity contribution in [1.29, 1.82) is 0 Å². The molecule has 1 aromatic rings. The second-order valence-electron chi connectivity index (χ2n) is 7.38. The molecule has 3 nitrogen and oxygen atoms in total. The molecule has 4 aliphatic rings. The second kappa shape index (κ2) is 5.38. The molecule has 22 heavy (non-hydrogen) atoms. The Kier molecular flexibility index (Phi) is 3.48. The van der Waals surface area contributed by atoms with Crippen LogP contribution in [-0.2, 0) is 14.9 Å². The number of carbonyl (C=O) groups excluding carboxylic acids is 1. The molecule has 1 unspecified atom stereocenters. The van der Waals surface area contributed by atoms with Crippen molar-refractivity contribution in [1.82, 2.24) is 4.90 Å². The summed E-state index contributed by atoms with van der Waals surface area (Å²) in [5.74, 6) is 0.616. The van der Waals surface area contributed by atoms with Crippen molar-refractivity contribution in [3.63, 3.8) is 0 Å². The molecule has 5 rings (SSSR count). The molecule has 1 aromatic carbocycles. The molecule has 3 saturated heterocycles. The van der Waals surface area contributed by atoms with E-state index in [9.17, 15) is 4.79 Å². The van der Waals surface area contributed by atoms with Crippen LogP contribution < -0.4 is 0 Å². The Balaban J connectivity index is 1.51. The molecule has 118 valence electrons. The van der Waals surface area contributed by atoms with Crippen LogP contribution in [0, 0.1) is 12.8 Å². The largest absolute Gasteiger partial charge is 0.460 e. The monoisotopic (exact) mass is 299 g/mol. The number of carbonyl (C=O) groups is 1. The van der Waals surface area contributed by atoms with E-state index in [0.717, 1.165) is 31.4 Å². The third-order valence-corrected chi connectivity index (χ3v) is 6.06. The fourth-order valence-electron chi connectivity index (χ4n) is 4.31. The van der Waals surface area contributed by atoms with Gasteiger partial charge in [0, 0.05) is 6.54 Å². The number of esters is 1. The molecular formula is C19H25NO2. The first-order valence-electron chi connectivity index (χ1n) is 8.68. The van der Waals surface area contributed by atoms with Crippen LogP contribution in [0.25, 0.3) is 0 Å². The van der Waals surface area contributed by atoms with Crippen molar-refractivity contribution in [3.05, 3.63) is 35.4 Å². The Morgan fingerprint density at radius 1 is 1.18 bits per heavy atom. The van der Waals surface area contributed by atoms with Crippen LogP contribution in [0.5, 0.6) is 0 Å². The van der Waals surface area contributed by atoms with Gasteiger partial charge in [0.2, 0.25) is 0 Å². The lowest BCUT2D eigenvalue weighted by atomic mass is 9.64. The number of hydrogen-bond acceptors (Lipinski definition) is 3. The summed E-state index contributed by atoms with van der Waals surface area (Å²) >= 11 is 0. The van der Waals surface area contributed by atoms with Crippen molar-refractivity contribution in [2.45, 2.75) is 50.5 Å². The highest BCUT2D eigenvalue weighted by molar-refractivity contribution is 5.84. The molecule has 0 aromatic heterocycles. The fourth-order valence-corrected chi connectivity index (χ4v) is 4.31. The van der Waals surface area contributed by atoms with Crippen LogP contribution in [0.4, 0.5) is 0 Å². The summed E-state index contributed by atoms with van der Waals surface area (Å²) < 4.78 is 6.04. The number of hydrogen-bond donors (Lipinski definition) is 0. The zero-order chi connectivity index (χ0) is 15.2. The minimum Gasteiger partial charge on any atom is -0.460 e. The maximum atomic E-state index is 12.9. The molecule has 3 aliphatic heterocycles. The highest BCUT2D eigenvalue weighted by Gasteiger charge is 2.49. The van der Waals surface area contributed by atoms with Crippen LogP contribution in [-0.4, -0.2) is 36.6 Å². The summed E-state index contributed by atoms with van der Waals surface area (Å²) in [6, 6.07) is 8.45. The van der Waals surface area contributed by atoms with Crippen LogP contribution in [0.15, 0.2) is 24.3 Å². The summed E-state index contributed by atoms with van der Waals surface area (Å²) in [6.45, 7) is 5.40. The maximum absolute atomic E-state index is 12.9. The van der Waals surface area contributed by atoms with E-state index in [1.165, 1.54) is 31.5 Å². The average Bonchev–Trinajstić information content (AvgIpc) is 2.49. The quantitative estimate of drug-likeness (QED) is 0.803. The molecule has 3 heterocycles. The summed E-state index contributed by atoms with van der Waals surface area (Å²) in [5, 5.41) is 0. The fraction of sp³-hybridized carbons (Fsp3) is 0.632. The molecule has 0 spiro atoms. The first kappa shape index (κ1) is 14.3. The first-order chi connectivity index (χ1) is 10.7. The summed E-state index contributed by atoms with van der Waals surface area (Å²) in [4.78, 5) is 15.4. The minimum atomic E-state index is -0.361. The Labute approximate surface area is 132 Å². The van der Waals surface area contributed by atoms with Gasteiger partial charge in [0.15, 0.2) is 0 Å². The Morgan fingerprint density at radius 2 is 1.86 bits per heavy atom. The second-order valence-corrected chi connectivity index (χ2v) is 7.38. The van der Waals surface area contributed by atoms with Gasteiger partial charge in [-0.05, 0) is 57.2 Å². The van der Waals surface area contributed by atoms with Gasteiger partial charge in [0.1, 0.15) is 6.10 Å². The van der Waals surface area contributed by atoms with E-state index < -0.39 is 0 Å². The third-order valence-electron chi connectivity index (χ3n) is 6.06. The van der Waals surface area contributed by atoms with Gasteiger partial charge in [-0.2, -0.15) is 0 Å². The highest BCUT2D eigenvalue weighted by atomic mass is 16.5. The Hall–Kier alpha value is -1.35. The van der Waals surface area contributed by atoms with Gasteiger partial charge in [0.25, 0.3) is 0 Å². The van der Waals surface area contributed by atoms with E-state index in [2.05, 4.69) is 36.1 Å². The van der Waals surface area contributed by atoms with E-state index in [1.807, 2.05) is 0 Å². The van der Waals surface area contributed by atoms with Gasteiger partial charge in [-0.3, -0.25) is 9.69 Å². The SMILES string of the molecule is Cc1ccc(C2(C(=O)OC3CN4CCC3CC4)CCC2)cc1. The summed E-state index contributed by atoms with van der Waals surface area (Å²) in [6.07, 6.45) is 5.51. The van der Waals surface area contributed by atoms with Gasteiger partial charge in [0.05, 0.1) is 5.41 Å². The normalized spacial score (nSPS) is 32.3. The lowest BCUT2D eigenvalue weighted by Gasteiger charge is -2.46. The topological polar surface area (TPSA) is 29.5 Å². The zero-order valence-corrected chi connectivity index (χ0v) is 13.4. The van der Waals surface area contributed by atoms with E-state index in [-0.39, 0.29) is 17.5 Å². The van der Waals surface area contributed by atoms with Crippen LogP contribution in [0.1, 0.15) is 43.2 Å². The van der Waals surface area contributed by atoms with Crippen LogP contribution in [0.2, 0.25) is 0 Å². The number of benzene rings is 1. The van der Waals surface area contributed by atoms with Crippen molar-refractivity contribution in [2.24, 2.45) is 5.92 Å².